The summed E-state index contributed by atoms with van der Waals surface area (Å²) < 4.78 is 4.88. The van der Waals surface area contributed by atoms with Crippen LogP contribution in [0.2, 0.25) is 0 Å². The van der Waals surface area contributed by atoms with Crippen molar-refractivity contribution in [1.82, 2.24) is 5.32 Å². The highest BCUT2D eigenvalue weighted by atomic mass is 16.5. The number of morpholine rings is 1. The summed E-state index contributed by atoms with van der Waals surface area (Å²) in [6.07, 6.45) is 0. The van der Waals surface area contributed by atoms with Gasteiger partial charge >= 0.3 is 0 Å². The van der Waals surface area contributed by atoms with Crippen LogP contribution in [0, 0.1) is 0 Å². The number of nitrogens with zero attached hydrogens (tertiary/aromatic N) is 1. The maximum atomic E-state index is 9.82. The van der Waals surface area contributed by atoms with Crippen molar-refractivity contribution in [1.29, 1.82) is 0 Å². The summed E-state index contributed by atoms with van der Waals surface area (Å²) in [5.41, 5.74) is 0.399. The van der Waals surface area contributed by atoms with Crippen molar-refractivity contribution < 1.29 is 9.53 Å². The molecule has 0 aromatic carbocycles. The molecule has 1 heterocycles. The Balaban J connectivity index is 2.45. The van der Waals surface area contributed by atoms with Crippen molar-refractivity contribution in [3.63, 3.8) is 0 Å². The van der Waals surface area contributed by atoms with Crippen LogP contribution < -0.4 is 5.32 Å². The van der Waals surface area contributed by atoms with Crippen LogP contribution in [-0.4, -0.2) is 25.7 Å². The molecule has 0 N–H and O–H groups in total. The first-order valence-electron chi connectivity index (χ1n) is 2.42. The highest BCUT2D eigenvalue weighted by Gasteiger charge is 2.04. The molecule has 1 aliphatic rings. The van der Waals surface area contributed by atoms with Gasteiger partial charge in [0.15, 0.2) is 0 Å². The minimum Gasteiger partial charge on any atom is -0.372 e. The van der Waals surface area contributed by atoms with Crippen LogP contribution >= 0.6 is 0 Å². The summed E-state index contributed by atoms with van der Waals surface area (Å²) in [7, 11) is 0. The summed E-state index contributed by atoms with van der Waals surface area (Å²) in [5, 5.41) is 3.82. The first kappa shape index (κ1) is 5.35. The molecule has 1 rings (SSSR count). The minimum atomic E-state index is 0.337. The van der Waals surface area contributed by atoms with E-state index in [0.717, 1.165) is 0 Å². The van der Waals surface area contributed by atoms with Crippen molar-refractivity contribution in [2.75, 3.05) is 19.8 Å². The molecule has 3 heteroatoms. The van der Waals surface area contributed by atoms with Gasteiger partial charge in [0.2, 0.25) is 0 Å². The maximum absolute atomic E-state index is 9.82. The van der Waals surface area contributed by atoms with Gasteiger partial charge in [-0.15, -0.1) is 0 Å². The Morgan fingerprint density at radius 2 is 2.62 bits per heavy atom. The predicted molar refractivity (Wildman–Crippen MR) is 27.0 cm³/mol. The molecule has 0 aromatic rings. The average molecular weight is 112 g/mol. The van der Waals surface area contributed by atoms with Crippen LogP contribution in [0.4, 0.5) is 0 Å². The highest BCUT2D eigenvalue weighted by Crippen LogP contribution is 1.92. The van der Waals surface area contributed by atoms with Crippen molar-refractivity contribution in [3.8, 4) is 0 Å². The lowest BCUT2D eigenvalue weighted by molar-refractivity contribution is 0.132. The minimum absolute atomic E-state index is 0.337. The smallest absolute Gasteiger partial charge is 0.150 e. The summed E-state index contributed by atoms with van der Waals surface area (Å²) in [4.78, 5) is 9.82. The number of hydrogen-bond acceptors (Lipinski definition) is 2. The van der Waals surface area contributed by atoms with Crippen LogP contribution in [0.25, 0.3) is 0 Å². The molecule has 0 aromatic heterocycles. The van der Waals surface area contributed by atoms with E-state index < -0.39 is 0 Å². The molecule has 1 aliphatic heterocycles. The van der Waals surface area contributed by atoms with Crippen molar-refractivity contribution in [2.45, 2.75) is 0 Å². The summed E-state index contributed by atoms with van der Waals surface area (Å²) in [5.74, 6) is 1.68. The van der Waals surface area contributed by atoms with Gasteiger partial charge in [0.25, 0.3) is 0 Å². The van der Waals surface area contributed by atoms with Gasteiger partial charge in [0, 0.05) is 0 Å². The number of ether oxygens (including phenoxy) is 1. The molecule has 1 saturated heterocycles. The zero-order valence-corrected chi connectivity index (χ0v) is 4.39. The van der Waals surface area contributed by atoms with Crippen molar-refractivity contribution >= 4 is 5.94 Å². The summed E-state index contributed by atoms with van der Waals surface area (Å²) in [6.45, 7) is 1.57. The normalized spacial score (nSPS) is 19.2. The number of hydrogen-bond donors (Lipinski definition) is 0. The first-order chi connectivity index (χ1) is 3.93. The highest BCUT2D eigenvalue weighted by molar-refractivity contribution is 5.51. The van der Waals surface area contributed by atoms with E-state index in [2.05, 4.69) is 5.32 Å². The third-order valence-electron chi connectivity index (χ3n) is 0.895. The average Bonchev–Trinajstić information content (AvgIpc) is 1.90. The molecular weight excluding hydrogens is 106 g/mol. The maximum Gasteiger partial charge on any atom is 0.150 e. The Bertz CT molecular complexity index is 118. The van der Waals surface area contributed by atoms with Gasteiger partial charge in [0.1, 0.15) is 11.6 Å². The van der Waals surface area contributed by atoms with Gasteiger partial charge in [0.05, 0.1) is 19.8 Å². The van der Waals surface area contributed by atoms with E-state index in [1.807, 2.05) is 0 Å². The Morgan fingerprint density at radius 3 is 3.00 bits per heavy atom. The van der Waals surface area contributed by atoms with Gasteiger partial charge in [-0.05, 0) is 0 Å². The standard InChI is InChI=1S/C5H6NO2/c7-3-5-4-8-2-1-6-5/h1-2,4H2. The molecule has 0 atom stereocenters. The largest absolute Gasteiger partial charge is 0.372 e. The molecule has 0 aliphatic carbocycles. The molecule has 1 fully saturated rings. The second-order valence-electron chi connectivity index (χ2n) is 1.48. The quantitative estimate of drug-likeness (QED) is 0.390. The fraction of sp³-hybridized carbons (Fsp3) is 0.600. The fourth-order valence-corrected chi connectivity index (χ4v) is 0.521. The number of carbonyl (C=O) groups excluding carboxylic acids is 1. The van der Waals surface area contributed by atoms with Crippen LogP contribution in [0.5, 0.6) is 0 Å². The molecule has 43 valence electrons. The third kappa shape index (κ3) is 1.09. The van der Waals surface area contributed by atoms with Crippen LogP contribution in [0.3, 0.4) is 0 Å². The lowest BCUT2D eigenvalue weighted by atomic mass is 10.4. The van der Waals surface area contributed by atoms with Crippen molar-refractivity contribution in [3.05, 3.63) is 5.70 Å². The lowest BCUT2D eigenvalue weighted by Gasteiger charge is -2.10. The van der Waals surface area contributed by atoms with Gasteiger partial charge in [-0.1, -0.05) is 0 Å². The third-order valence-corrected chi connectivity index (χ3v) is 0.895. The van der Waals surface area contributed by atoms with Crippen molar-refractivity contribution in [2.24, 2.45) is 0 Å². The van der Waals surface area contributed by atoms with Crippen LogP contribution in [0.1, 0.15) is 0 Å². The fourth-order valence-electron chi connectivity index (χ4n) is 0.521. The molecule has 0 saturated carbocycles. The molecular formula is C5H6NO2. The molecule has 0 bridgehead atoms. The van der Waals surface area contributed by atoms with E-state index in [4.69, 9.17) is 4.74 Å². The first-order valence-corrected chi connectivity index (χ1v) is 2.42. The topological polar surface area (TPSA) is 40.4 Å². The van der Waals surface area contributed by atoms with Crippen LogP contribution in [0.15, 0.2) is 5.70 Å². The monoisotopic (exact) mass is 112 g/mol. The second-order valence-corrected chi connectivity index (χ2v) is 1.48. The van der Waals surface area contributed by atoms with Gasteiger partial charge in [-0.3, -0.25) is 5.32 Å². The second kappa shape index (κ2) is 2.50. The van der Waals surface area contributed by atoms with E-state index in [1.54, 1.807) is 5.94 Å². The SMILES string of the molecule is O=C=C1COCC[N]1. The molecule has 3 nitrogen and oxygen atoms in total. The molecule has 0 unspecified atom stereocenters. The van der Waals surface area contributed by atoms with E-state index in [0.29, 0.717) is 25.5 Å². The predicted octanol–water partition coefficient (Wildman–Crippen LogP) is -0.663. The van der Waals surface area contributed by atoms with Gasteiger partial charge in [-0.2, -0.15) is 0 Å². The Kier molecular flexibility index (Phi) is 1.67. The van der Waals surface area contributed by atoms with E-state index >= 15 is 0 Å². The Morgan fingerprint density at radius 1 is 1.75 bits per heavy atom. The molecule has 0 spiro atoms. The lowest BCUT2D eigenvalue weighted by Crippen LogP contribution is -2.23. The summed E-state index contributed by atoms with van der Waals surface area (Å²) >= 11 is 0. The van der Waals surface area contributed by atoms with Crippen LogP contribution in [-0.2, 0) is 9.53 Å². The molecule has 0 amide bonds. The number of rotatable bonds is 0. The zero-order chi connectivity index (χ0) is 5.82. The zero-order valence-electron chi connectivity index (χ0n) is 4.39. The summed E-state index contributed by atoms with van der Waals surface area (Å²) in [6, 6.07) is 0. The van der Waals surface area contributed by atoms with E-state index in [1.165, 1.54) is 0 Å². The molecule has 8 heavy (non-hydrogen) atoms. The Labute approximate surface area is 47.3 Å². The van der Waals surface area contributed by atoms with E-state index in [-0.39, 0.29) is 0 Å². The Hall–Kier alpha value is -0.790. The molecule has 1 radical (unpaired) electrons. The van der Waals surface area contributed by atoms with Gasteiger partial charge < -0.3 is 4.74 Å². The van der Waals surface area contributed by atoms with E-state index in [9.17, 15) is 4.79 Å². The van der Waals surface area contributed by atoms with Gasteiger partial charge in [-0.25, -0.2) is 4.79 Å².